The normalized spacial score (nSPS) is 15.8. The van der Waals surface area contributed by atoms with E-state index in [1.807, 2.05) is 12.1 Å². The van der Waals surface area contributed by atoms with E-state index < -0.39 is 17.9 Å². The number of rotatable bonds is 4. The summed E-state index contributed by atoms with van der Waals surface area (Å²) in [7, 11) is 0. The predicted molar refractivity (Wildman–Crippen MR) is 71.2 cm³/mol. The molecule has 102 valence electrons. The fraction of sp³-hybridized carbons (Fsp3) is 0.286. The second-order valence-electron chi connectivity index (χ2n) is 4.87. The fourth-order valence-electron chi connectivity index (χ4n) is 2.09. The predicted octanol–water partition coefficient (Wildman–Crippen LogP) is 1.22. The van der Waals surface area contributed by atoms with Gasteiger partial charge < -0.3 is 10.4 Å². The fourth-order valence-corrected chi connectivity index (χ4v) is 2.09. The van der Waals surface area contributed by atoms with Crippen LogP contribution >= 0.6 is 0 Å². The molecule has 6 nitrogen and oxygen atoms in total. The number of nitrogens with one attached hydrogen (secondary N) is 1. The van der Waals surface area contributed by atoms with E-state index in [0.717, 1.165) is 12.8 Å². The van der Waals surface area contributed by atoms with Crippen LogP contribution in [-0.4, -0.2) is 33.0 Å². The topological polar surface area (TPSA) is 92.2 Å². The van der Waals surface area contributed by atoms with Crippen molar-refractivity contribution in [2.75, 3.05) is 0 Å². The third-order valence-electron chi connectivity index (χ3n) is 3.33. The Morgan fingerprint density at radius 1 is 1.25 bits per heavy atom. The van der Waals surface area contributed by atoms with Gasteiger partial charge in [0.2, 0.25) is 0 Å². The molecule has 20 heavy (non-hydrogen) atoms. The van der Waals surface area contributed by atoms with Gasteiger partial charge in [-0.1, -0.05) is 12.1 Å². The molecule has 1 saturated carbocycles. The molecule has 6 heteroatoms. The minimum Gasteiger partial charge on any atom is -0.480 e. The summed E-state index contributed by atoms with van der Waals surface area (Å²) in [6, 6.07) is 6.37. The summed E-state index contributed by atoms with van der Waals surface area (Å²) in [4.78, 5) is 31.5. The molecule has 0 aliphatic heterocycles. The second kappa shape index (κ2) is 4.88. The number of carboxylic acid groups (broad SMARTS) is 1. The zero-order chi connectivity index (χ0) is 14.1. The maximum absolute atomic E-state index is 12.1. The van der Waals surface area contributed by atoms with E-state index in [9.17, 15) is 9.59 Å². The Morgan fingerprint density at radius 3 is 2.60 bits per heavy atom. The van der Waals surface area contributed by atoms with Gasteiger partial charge in [-0.25, -0.2) is 9.78 Å². The summed E-state index contributed by atoms with van der Waals surface area (Å²) < 4.78 is 0. The van der Waals surface area contributed by atoms with Crippen LogP contribution in [0.4, 0.5) is 0 Å². The second-order valence-corrected chi connectivity index (χ2v) is 4.87. The smallest absolute Gasteiger partial charge is 0.326 e. The van der Waals surface area contributed by atoms with E-state index in [1.165, 1.54) is 6.20 Å². The lowest BCUT2D eigenvalue weighted by Crippen LogP contribution is -2.42. The third-order valence-corrected chi connectivity index (χ3v) is 3.33. The largest absolute Gasteiger partial charge is 0.480 e. The van der Waals surface area contributed by atoms with Crippen LogP contribution in [0, 0.1) is 5.92 Å². The van der Waals surface area contributed by atoms with Crippen LogP contribution in [0.15, 0.2) is 30.5 Å². The lowest BCUT2D eigenvalue weighted by Gasteiger charge is -2.13. The molecule has 2 N–H and O–H groups in total. The van der Waals surface area contributed by atoms with E-state index in [4.69, 9.17) is 5.11 Å². The third kappa shape index (κ3) is 2.45. The molecule has 1 aromatic carbocycles. The van der Waals surface area contributed by atoms with Gasteiger partial charge >= 0.3 is 5.97 Å². The first-order chi connectivity index (χ1) is 9.65. The Morgan fingerprint density at radius 2 is 1.95 bits per heavy atom. The van der Waals surface area contributed by atoms with Crippen molar-refractivity contribution in [2.24, 2.45) is 5.92 Å². The average molecular weight is 271 g/mol. The Hall–Kier alpha value is -2.50. The molecule has 1 aliphatic carbocycles. The van der Waals surface area contributed by atoms with Crippen molar-refractivity contribution in [3.63, 3.8) is 0 Å². The highest BCUT2D eigenvalue weighted by Gasteiger charge is 2.37. The SMILES string of the molecule is O=C(NC(C(=O)O)C1CC1)c1cnc2ccccc2n1. The Labute approximate surface area is 114 Å². The van der Waals surface area contributed by atoms with Gasteiger partial charge in [0.1, 0.15) is 11.7 Å². The first-order valence-corrected chi connectivity index (χ1v) is 6.40. The molecular weight excluding hydrogens is 258 g/mol. The molecule has 1 atom stereocenters. The number of aromatic nitrogens is 2. The van der Waals surface area contributed by atoms with Gasteiger partial charge in [-0.2, -0.15) is 0 Å². The van der Waals surface area contributed by atoms with Crippen molar-refractivity contribution < 1.29 is 14.7 Å². The van der Waals surface area contributed by atoms with Gasteiger partial charge in [-0.05, 0) is 30.9 Å². The molecule has 0 spiro atoms. The first kappa shape index (κ1) is 12.5. The number of hydrogen-bond donors (Lipinski definition) is 2. The molecule has 1 aliphatic rings. The van der Waals surface area contributed by atoms with Crippen LogP contribution in [0.5, 0.6) is 0 Å². The molecule has 0 saturated heterocycles. The number of hydrogen-bond acceptors (Lipinski definition) is 4. The number of fused-ring (bicyclic) bond motifs is 1. The summed E-state index contributed by atoms with van der Waals surface area (Å²) in [6.45, 7) is 0. The van der Waals surface area contributed by atoms with E-state index in [-0.39, 0.29) is 11.6 Å². The Balaban J connectivity index is 1.82. The molecule has 0 bridgehead atoms. The molecule has 1 aromatic heterocycles. The summed E-state index contributed by atoms with van der Waals surface area (Å²) in [5.74, 6) is -1.47. The minimum absolute atomic E-state index is 0.0323. The minimum atomic E-state index is -1.01. The lowest BCUT2D eigenvalue weighted by molar-refractivity contribution is -0.139. The molecule has 1 heterocycles. The van der Waals surface area contributed by atoms with E-state index in [2.05, 4.69) is 15.3 Å². The van der Waals surface area contributed by atoms with Gasteiger partial charge in [0.05, 0.1) is 17.2 Å². The highest BCUT2D eigenvalue weighted by molar-refractivity contribution is 5.96. The number of carboxylic acids is 1. The van der Waals surface area contributed by atoms with Gasteiger partial charge in [0.25, 0.3) is 5.91 Å². The molecule has 0 radical (unpaired) electrons. The monoisotopic (exact) mass is 271 g/mol. The lowest BCUT2D eigenvalue weighted by atomic mass is 10.2. The van der Waals surface area contributed by atoms with Crippen molar-refractivity contribution >= 4 is 22.9 Å². The summed E-state index contributed by atoms with van der Waals surface area (Å²) in [5.41, 5.74) is 1.44. The Kier molecular flexibility index (Phi) is 3.06. The van der Waals surface area contributed by atoms with Crippen LogP contribution in [-0.2, 0) is 4.79 Å². The Bertz CT molecular complexity index is 682. The van der Waals surface area contributed by atoms with Crippen molar-refractivity contribution in [3.8, 4) is 0 Å². The number of carbonyl (C=O) groups excluding carboxylic acids is 1. The van der Waals surface area contributed by atoms with Crippen LogP contribution < -0.4 is 5.32 Å². The van der Waals surface area contributed by atoms with Gasteiger partial charge in [-0.3, -0.25) is 9.78 Å². The molecule has 2 aromatic rings. The number of aliphatic carboxylic acids is 1. The number of benzene rings is 1. The summed E-state index contributed by atoms with van der Waals surface area (Å²) >= 11 is 0. The zero-order valence-electron chi connectivity index (χ0n) is 10.6. The number of amides is 1. The molecule has 1 unspecified atom stereocenters. The van der Waals surface area contributed by atoms with Gasteiger partial charge in [0.15, 0.2) is 0 Å². The summed E-state index contributed by atoms with van der Waals surface area (Å²) in [5, 5.41) is 11.6. The van der Waals surface area contributed by atoms with E-state index in [1.54, 1.807) is 12.1 Å². The van der Waals surface area contributed by atoms with Crippen LogP contribution in [0.25, 0.3) is 11.0 Å². The van der Waals surface area contributed by atoms with Crippen molar-refractivity contribution in [1.29, 1.82) is 0 Å². The number of carbonyl (C=O) groups is 2. The molecule has 1 fully saturated rings. The molecular formula is C14H13N3O3. The maximum Gasteiger partial charge on any atom is 0.326 e. The number of para-hydroxylation sites is 2. The maximum atomic E-state index is 12.1. The van der Waals surface area contributed by atoms with Gasteiger partial charge in [-0.15, -0.1) is 0 Å². The molecule has 3 rings (SSSR count). The van der Waals surface area contributed by atoms with Crippen LogP contribution in [0.2, 0.25) is 0 Å². The van der Waals surface area contributed by atoms with Crippen molar-refractivity contribution in [2.45, 2.75) is 18.9 Å². The van der Waals surface area contributed by atoms with Gasteiger partial charge in [0, 0.05) is 0 Å². The number of nitrogens with zero attached hydrogens (tertiary/aromatic N) is 2. The quantitative estimate of drug-likeness (QED) is 0.872. The zero-order valence-corrected chi connectivity index (χ0v) is 10.6. The van der Waals surface area contributed by atoms with E-state index in [0.29, 0.717) is 11.0 Å². The highest BCUT2D eigenvalue weighted by Crippen LogP contribution is 2.32. The van der Waals surface area contributed by atoms with Crippen molar-refractivity contribution in [3.05, 3.63) is 36.2 Å². The standard InChI is InChI=1S/C14H13N3O3/c18-13(17-12(14(19)20)8-5-6-8)11-7-15-9-3-1-2-4-10(9)16-11/h1-4,7-8,12H,5-6H2,(H,17,18)(H,19,20). The van der Waals surface area contributed by atoms with Crippen LogP contribution in [0.1, 0.15) is 23.3 Å². The highest BCUT2D eigenvalue weighted by atomic mass is 16.4. The van der Waals surface area contributed by atoms with Crippen molar-refractivity contribution in [1.82, 2.24) is 15.3 Å². The molecule has 1 amide bonds. The van der Waals surface area contributed by atoms with E-state index >= 15 is 0 Å². The first-order valence-electron chi connectivity index (χ1n) is 6.40. The van der Waals surface area contributed by atoms with Crippen LogP contribution in [0.3, 0.4) is 0 Å². The summed E-state index contributed by atoms with van der Waals surface area (Å²) in [6.07, 6.45) is 3.03. The average Bonchev–Trinajstić information content (AvgIpc) is 3.28.